The van der Waals surface area contributed by atoms with E-state index in [1.54, 1.807) is 12.2 Å². The van der Waals surface area contributed by atoms with Crippen molar-refractivity contribution in [3.8, 4) is 5.75 Å². The summed E-state index contributed by atoms with van der Waals surface area (Å²) in [6.45, 7) is 3.43. The molecule has 2 aliphatic heterocycles. The van der Waals surface area contributed by atoms with Gasteiger partial charge in [-0.05, 0) is 36.4 Å². The van der Waals surface area contributed by atoms with Crippen molar-refractivity contribution in [1.29, 1.82) is 0 Å². The molecule has 1 fully saturated rings. The van der Waals surface area contributed by atoms with Gasteiger partial charge in [-0.25, -0.2) is 4.98 Å². The van der Waals surface area contributed by atoms with Crippen molar-refractivity contribution in [3.63, 3.8) is 0 Å². The maximum atomic E-state index is 11.9. The minimum atomic E-state index is -0.944. The third-order valence-electron chi connectivity index (χ3n) is 5.00. The van der Waals surface area contributed by atoms with Crippen LogP contribution in [0.15, 0.2) is 24.4 Å². The number of carbonyl (C=O) groups excluding carboxylic acids is 1. The van der Waals surface area contributed by atoms with Gasteiger partial charge in [-0.1, -0.05) is 6.92 Å². The van der Waals surface area contributed by atoms with E-state index in [1.807, 2.05) is 24.1 Å². The summed E-state index contributed by atoms with van der Waals surface area (Å²) < 4.78 is 5.55. The van der Waals surface area contributed by atoms with Gasteiger partial charge in [0.25, 0.3) is 0 Å². The Morgan fingerprint density at radius 1 is 1.50 bits per heavy atom. The number of fused-ring (bicyclic) bond motifs is 3. The third-order valence-corrected chi connectivity index (χ3v) is 5.00. The van der Waals surface area contributed by atoms with Crippen molar-refractivity contribution < 1.29 is 14.5 Å². The lowest BCUT2D eigenvalue weighted by molar-refractivity contribution is -0.132. The summed E-state index contributed by atoms with van der Waals surface area (Å²) in [4.78, 5) is 21.3. The molecule has 0 atom stereocenters. The minimum absolute atomic E-state index is 0.215. The quantitative estimate of drug-likeness (QED) is 0.828. The molecule has 7 heteroatoms. The predicted molar refractivity (Wildman–Crippen MR) is 92.3 cm³/mol. The fourth-order valence-corrected chi connectivity index (χ4v) is 3.78. The molecule has 4 heterocycles. The van der Waals surface area contributed by atoms with Crippen LogP contribution < -0.4 is 4.65 Å². The first kappa shape index (κ1) is 15.3. The molecule has 1 amide bonds. The van der Waals surface area contributed by atoms with E-state index in [1.165, 1.54) is 0 Å². The van der Waals surface area contributed by atoms with Crippen LogP contribution in [0.1, 0.15) is 31.7 Å². The number of rotatable bonds is 2. The number of aromatic amines is 1. The largest absolute Gasteiger partial charge is 0.552 e. The standard InChI is InChI=1S/C17H20BN3O3/c1-2-15(22)21-7-4-11(5-8-21)13-9-18(23)24-14-10-20-17-12(16(13)14)3-6-19-17/h3,6,9-11,23H,2,4-5,7-8H2,1H3,(H,19,20). The van der Waals surface area contributed by atoms with Gasteiger partial charge in [0.05, 0.1) is 6.20 Å². The third kappa shape index (κ3) is 2.49. The Labute approximate surface area is 140 Å². The molecule has 0 aliphatic carbocycles. The zero-order valence-electron chi connectivity index (χ0n) is 13.7. The van der Waals surface area contributed by atoms with Gasteiger partial charge in [0.2, 0.25) is 5.91 Å². The Morgan fingerprint density at radius 3 is 3.04 bits per heavy atom. The zero-order valence-corrected chi connectivity index (χ0v) is 13.7. The second kappa shape index (κ2) is 5.98. The van der Waals surface area contributed by atoms with E-state index in [2.05, 4.69) is 9.97 Å². The Hall–Kier alpha value is -2.28. The molecule has 1 saturated heterocycles. The van der Waals surface area contributed by atoms with Crippen molar-refractivity contribution in [2.45, 2.75) is 26.2 Å². The van der Waals surface area contributed by atoms with E-state index in [4.69, 9.17) is 4.65 Å². The van der Waals surface area contributed by atoms with Crippen LogP contribution in [-0.4, -0.2) is 46.0 Å². The van der Waals surface area contributed by atoms with Gasteiger partial charge in [-0.15, -0.1) is 0 Å². The first-order valence-corrected chi connectivity index (χ1v) is 8.48. The SMILES string of the molecule is CCC(=O)N1CCC(C2=CB(O)Oc3cnc4[nH]ccc4c32)CC1. The van der Waals surface area contributed by atoms with Crippen LogP contribution in [0, 0.1) is 5.92 Å². The molecule has 2 N–H and O–H groups in total. The van der Waals surface area contributed by atoms with E-state index in [9.17, 15) is 9.82 Å². The van der Waals surface area contributed by atoms with Crippen molar-refractivity contribution in [3.05, 3.63) is 30.0 Å². The van der Waals surface area contributed by atoms with E-state index < -0.39 is 7.12 Å². The lowest BCUT2D eigenvalue weighted by atomic mass is 9.74. The number of hydrogen-bond donors (Lipinski definition) is 2. The van der Waals surface area contributed by atoms with E-state index in [0.717, 1.165) is 48.1 Å². The first-order chi connectivity index (χ1) is 11.7. The highest BCUT2D eigenvalue weighted by molar-refractivity contribution is 6.52. The highest BCUT2D eigenvalue weighted by Crippen LogP contribution is 2.42. The zero-order chi connectivity index (χ0) is 16.7. The summed E-state index contributed by atoms with van der Waals surface area (Å²) in [5.74, 6) is 2.95. The molecular formula is C17H20BN3O3. The summed E-state index contributed by atoms with van der Waals surface area (Å²) in [6, 6.07) is 1.99. The Morgan fingerprint density at radius 2 is 2.29 bits per heavy atom. The lowest BCUT2D eigenvalue weighted by Gasteiger charge is -2.35. The number of H-pyrrole nitrogens is 1. The molecule has 6 nitrogen and oxygen atoms in total. The van der Waals surface area contributed by atoms with Gasteiger partial charge in [0.15, 0.2) is 0 Å². The van der Waals surface area contributed by atoms with E-state index in [-0.39, 0.29) is 5.91 Å². The number of pyridine rings is 1. The van der Waals surface area contributed by atoms with Crippen LogP contribution in [0.4, 0.5) is 0 Å². The van der Waals surface area contributed by atoms with Crippen molar-refractivity contribution in [2.75, 3.05) is 13.1 Å². The van der Waals surface area contributed by atoms with Gasteiger partial charge in [-0.2, -0.15) is 0 Å². The van der Waals surface area contributed by atoms with Gasteiger partial charge in [-0.3, -0.25) is 4.79 Å². The predicted octanol–water partition coefficient (Wildman–Crippen LogP) is 2.01. The Bertz CT molecular complexity index is 809. The summed E-state index contributed by atoms with van der Waals surface area (Å²) in [7, 11) is -0.944. The van der Waals surface area contributed by atoms with Crippen LogP contribution in [0.5, 0.6) is 5.75 Å². The molecule has 0 saturated carbocycles. The molecule has 0 aromatic carbocycles. The maximum absolute atomic E-state index is 11.9. The van der Waals surface area contributed by atoms with Crippen molar-refractivity contribution in [1.82, 2.24) is 14.9 Å². The number of piperidine rings is 1. The van der Waals surface area contributed by atoms with Crippen LogP contribution in [0.2, 0.25) is 0 Å². The molecule has 2 aromatic rings. The molecular weight excluding hydrogens is 305 g/mol. The van der Waals surface area contributed by atoms with Gasteiger partial charge < -0.3 is 19.6 Å². The van der Waals surface area contributed by atoms with Gasteiger partial charge >= 0.3 is 7.12 Å². The number of amides is 1. The lowest BCUT2D eigenvalue weighted by Crippen LogP contribution is -2.39. The second-order valence-corrected chi connectivity index (χ2v) is 6.38. The molecule has 124 valence electrons. The molecule has 0 spiro atoms. The fourth-order valence-electron chi connectivity index (χ4n) is 3.78. The number of hydrogen-bond acceptors (Lipinski definition) is 4. The van der Waals surface area contributed by atoms with Crippen molar-refractivity contribution >= 4 is 29.6 Å². The van der Waals surface area contributed by atoms with Crippen molar-refractivity contribution in [2.24, 2.45) is 5.92 Å². The molecule has 2 aliphatic rings. The van der Waals surface area contributed by atoms with Crippen LogP contribution in [0.25, 0.3) is 16.6 Å². The van der Waals surface area contributed by atoms with Crippen LogP contribution in [-0.2, 0) is 4.79 Å². The molecule has 0 unspecified atom stereocenters. The molecule has 2 aromatic heterocycles. The number of allylic oxidation sites excluding steroid dienone is 1. The van der Waals surface area contributed by atoms with Crippen LogP contribution >= 0.6 is 0 Å². The summed E-state index contributed by atoms with van der Waals surface area (Å²) in [5, 5.41) is 11.1. The molecule has 24 heavy (non-hydrogen) atoms. The number of likely N-dealkylation sites (tertiary alicyclic amines) is 1. The van der Waals surface area contributed by atoms with Gasteiger partial charge in [0, 0.05) is 36.7 Å². The Balaban J connectivity index is 1.67. The number of carbonyl (C=O) groups is 1. The topological polar surface area (TPSA) is 78.5 Å². The van der Waals surface area contributed by atoms with Gasteiger partial charge in [0.1, 0.15) is 11.4 Å². The first-order valence-electron chi connectivity index (χ1n) is 8.48. The average molecular weight is 325 g/mol. The number of nitrogens with one attached hydrogen (secondary N) is 1. The maximum Gasteiger partial charge on any atom is 0.552 e. The average Bonchev–Trinajstić information content (AvgIpc) is 3.09. The van der Waals surface area contributed by atoms with E-state index in [0.29, 0.717) is 18.1 Å². The smallest absolute Gasteiger partial charge is 0.531 e. The Kier molecular flexibility index (Phi) is 3.80. The molecule has 0 bridgehead atoms. The summed E-state index contributed by atoms with van der Waals surface area (Å²) >= 11 is 0. The molecule has 4 rings (SSSR count). The monoisotopic (exact) mass is 325 g/mol. The minimum Gasteiger partial charge on any atom is -0.531 e. The number of nitrogens with zero attached hydrogens (tertiary/aromatic N) is 2. The highest BCUT2D eigenvalue weighted by Gasteiger charge is 2.32. The highest BCUT2D eigenvalue weighted by atomic mass is 16.5. The second-order valence-electron chi connectivity index (χ2n) is 6.38. The number of aromatic nitrogens is 2. The fraction of sp³-hybridized carbons (Fsp3) is 0.412. The molecule has 0 radical (unpaired) electrons. The summed E-state index contributed by atoms with van der Waals surface area (Å²) in [5.41, 5.74) is 2.95. The summed E-state index contributed by atoms with van der Waals surface area (Å²) in [6.07, 6.45) is 5.89. The van der Waals surface area contributed by atoms with E-state index >= 15 is 0 Å². The van der Waals surface area contributed by atoms with Crippen LogP contribution in [0.3, 0.4) is 0 Å². The normalized spacial score (nSPS) is 18.3.